The summed E-state index contributed by atoms with van der Waals surface area (Å²) in [7, 11) is -5.76. The molecule has 0 saturated carbocycles. The molecule has 0 aliphatic rings. The number of hydrogen-bond acceptors (Lipinski definition) is 3. The van der Waals surface area contributed by atoms with Gasteiger partial charge in [0.1, 0.15) is 0 Å². The van der Waals surface area contributed by atoms with E-state index in [1.807, 2.05) is 0 Å². The van der Waals surface area contributed by atoms with Crippen LogP contribution in [-0.2, 0) is 10.2 Å². The summed E-state index contributed by atoms with van der Waals surface area (Å²) in [4.78, 5) is 21.6. The lowest BCUT2D eigenvalue weighted by Crippen LogP contribution is -2.14. The zero-order valence-electron chi connectivity index (χ0n) is 12.8. The van der Waals surface area contributed by atoms with E-state index in [2.05, 4.69) is 20.9 Å². The van der Waals surface area contributed by atoms with Crippen LogP contribution in [0.5, 0.6) is 5.88 Å². The quantitative estimate of drug-likeness (QED) is 0.360. The van der Waals surface area contributed by atoms with Gasteiger partial charge in [0.2, 0.25) is 5.88 Å². The molecule has 0 fully saturated rings. The molecule has 144 valence electrons. The number of hydrogen-bond donors (Lipinski definition) is 2. The van der Waals surface area contributed by atoms with Crippen LogP contribution in [0.1, 0.15) is 18.4 Å². The predicted molar refractivity (Wildman–Crippen MR) is 86.2 cm³/mol. The minimum atomic E-state index is -5.76. The van der Waals surface area contributed by atoms with Crippen LogP contribution in [-0.4, -0.2) is 27.6 Å². The first kappa shape index (κ1) is 21.0. The van der Waals surface area contributed by atoms with E-state index in [9.17, 15) is 26.5 Å². The molecule has 2 rings (SSSR count). The molecule has 2 aromatic rings. The molecule has 0 unspecified atom stereocenters. The van der Waals surface area contributed by atoms with Gasteiger partial charge in [-0.05, 0) is 23.9 Å². The van der Waals surface area contributed by atoms with Gasteiger partial charge in [-0.25, -0.2) is 4.98 Å². The van der Waals surface area contributed by atoms with Gasteiger partial charge in [-0.3, -0.25) is 4.57 Å². The zero-order valence-corrected chi connectivity index (χ0v) is 15.3. The summed E-state index contributed by atoms with van der Waals surface area (Å²) < 4.78 is 80.0. The first-order valence-electron chi connectivity index (χ1n) is 7.04. The predicted octanol–water partition coefficient (Wildman–Crippen LogP) is 4.95. The van der Waals surface area contributed by atoms with Crippen molar-refractivity contribution in [2.24, 2.45) is 0 Å². The highest BCUT2D eigenvalue weighted by atomic mass is 79.9. The van der Waals surface area contributed by atoms with E-state index in [1.165, 1.54) is 18.3 Å². The summed E-state index contributed by atoms with van der Waals surface area (Å²) in [5, 5.41) is 0.502. The molecule has 2 N–H and O–H groups in total. The highest BCUT2D eigenvalue weighted by molar-refractivity contribution is 9.10. The molecule has 5 nitrogen and oxygen atoms in total. The molecular formula is C14H12BrF5NO4P. The molecule has 0 radical (unpaired) electrons. The van der Waals surface area contributed by atoms with Gasteiger partial charge in [0.25, 0.3) is 0 Å². The number of rotatable bonds is 6. The Morgan fingerprint density at radius 1 is 1.12 bits per heavy atom. The average molecular weight is 464 g/mol. The molecule has 0 aliphatic carbocycles. The van der Waals surface area contributed by atoms with Crippen molar-refractivity contribution in [1.82, 2.24) is 4.98 Å². The Kier molecular flexibility index (Phi) is 5.96. The number of halogens is 6. The third-order valence-corrected chi connectivity index (χ3v) is 4.96. The van der Waals surface area contributed by atoms with Crippen molar-refractivity contribution in [1.29, 1.82) is 0 Å². The number of alkyl halides is 5. The Balaban J connectivity index is 2.28. The number of aromatic nitrogens is 1. The number of pyridine rings is 1. The van der Waals surface area contributed by atoms with E-state index >= 15 is 0 Å². The third kappa shape index (κ3) is 4.91. The first-order chi connectivity index (χ1) is 11.8. The summed E-state index contributed by atoms with van der Waals surface area (Å²) in [6, 6.07) is 3.27. The van der Waals surface area contributed by atoms with Crippen molar-refractivity contribution in [3.05, 3.63) is 34.4 Å². The van der Waals surface area contributed by atoms with Gasteiger partial charge < -0.3 is 14.5 Å². The normalized spacial score (nSPS) is 13.2. The Morgan fingerprint density at radius 3 is 2.35 bits per heavy atom. The van der Waals surface area contributed by atoms with Gasteiger partial charge in [-0.2, -0.15) is 22.0 Å². The number of ether oxygens (including phenoxy) is 1. The Bertz CT molecular complexity index is 855. The van der Waals surface area contributed by atoms with Crippen molar-refractivity contribution < 1.29 is 41.0 Å². The van der Waals surface area contributed by atoms with Crippen LogP contribution in [0.2, 0.25) is 0 Å². The molecule has 0 aliphatic heterocycles. The smallest absolute Gasteiger partial charge is 0.399 e. The highest BCUT2D eigenvalue weighted by Crippen LogP contribution is 2.60. The van der Waals surface area contributed by atoms with Gasteiger partial charge in [0.05, 0.1) is 6.61 Å². The molecule has 12 heteroatoms. The van der Waals surface area contributed by atoms with Crippen LogP contribution in [0.15, 0.2) is 28.9 Å². The topological polar surface area (TPSA) is 79.7 Å². The highest BCUT2D eigenvalue weighted by Gasteiger charge is 2.51. The van der Waals surface area contributed by atoms with E-state index in [1.54, 1.807) is 0 Å². The van der Waals surface area contributed by atoms with Crippen LogP contribution in [0.25, 0.3) is 10.8 Å². The van der Waals surface area contributed by atoms with E-state index < -0.39 is 31.4 Å². The maximum Gasteiger partial charge on any atom is 0.399 e. The molecule has 26 heavy (non-hydrogen) atoms. The van der Waals surface area contributed by atoms with Crippen molar-refractivity contribution in [3.63, 3.8) is 0 Å². The standard InChI is InChI=1S/C14H12BrF5NO4P/c15-11-5-9-7-21-12(25-3-1-2-13(16,17)18)6-8(9)4-10(11)14(19,20)26(22,23)24/h4-7H,1-3H2,(H2,22,23,24). The lowest BCUT2D eigenvalue weighted by atomic mass is 10.1. The Hall–Kier alpha value is -1.29. The van der Waals surface area contributed by atoms with Crippen LogP contribution in [0, 0.1) is 0 Å². The van der Waals surface area contributed by atoms with E-state index in [0.717, 1.165) is 6.07 Å². The Labute approximate surface area is 152 Å². The second-order valence-electron chi connectivity index (χ2n) is 5.35. The molecule has 0 atom stereocenters. The summed E-state index contributed by atoms with van der Waals surface area (Å²) in [6.45, 7) is -0.278. The van der Waals surface area contributed by atoms with Gasteiger partial charge in [0.15, 0.2) is 0 Å². The van der Waals surface area contributed by atoms with E-state index in [-0.39, 0.29) is 28.8 Å². The monoisotopic (exact) mass is 463 g/mol. The fraction of sp³-hybridized carbons (Fsp3) is 0.357. The Morgan fingerprint density at radius 2 is 1.77 bits per heavy atom. The maximum atomic E-state index is 14.0. The molecule has 0 spiro atoms. The van der Waals surface area contributed by atoms with E-state index in [4.69, 9.17) is 14.5 Å². The lowest BCUT2D eigenvalue weighted by molar-refractivity contribution is -0.136. The van der Waals surface area contributed by atoms with Crippen molar-refractivity contribution >= 4 is 34.3 Å². The molecular weight excluding hydrogens is 452 g/mol. The first-order valence-corrected chi connectivity index (χ1v) is 9.44. The van der Waals surface area contributed by atoms with Crippen molar-refractivity contribution in [2.45, 2.75) is 24.7 Å². The molecule has 0 amide bonds. The fourth-order valence-electron chi connectivity index (χ4n) is 2.06. The summed E-state index contributed by atoms with van der Waals surface area (Å²) >= 11 is 2.85. The molecule has 1 aromatic carbocycles. The summed E-state index contributed by atoms with van der Waals surface area (Å²) in [5.74, 6) is -0.0903. The molecule has 0 saturated heterocycles. The van der Waals surface area contributed by atoms with Crippen LogP contribution in [0.3, 0.4) is 0 Å². The fourth-order valence-corrected chi connectivity index (χ4v) is 3.32. The second kappa shape index (κ2) is 7.38. The minimum absolute atomic E-state index is 0.0903. The van der Waals surface area contributed by atoms with Gasteiger partial charge in [-0.15, -0.1) is 0 Å². The summed E-state index contributed by atoms with van der Waals surface area (Å²) in [6.07, 6.45) is -4.40. The number of benzene rings is 1. The SMILES string of the molecule is O=P(O)(O)C(F)(F)c1cc2cc(OCCCC(F)(F)F)ncc2cc1Br. The largest absolute Gasteiger partial charge is 0.478 e. The van der Waals surface area contributed by atoms with Gasteiger partial charge in [-0.1, -0.05) is 15.9 Å². The lowest BCUT2D eigenvalue weighted by Gasteiger charge is -2.20. The molecule has 1 heterocycles. The van der Waals surface area contributed by atoms with Crippen LogP contribution < -0.4 is 4.74 Å². The zero-order chi connectivity index (χ0) is 19.8. The van der Waals surface area contributed by atoms with Gasteiger partial charge >= 0.3 is 19.4 Å². The van der Waals surface area contributed by atoms with Gasteiger partial charge in [0, 0.05) is 34.1 Å². The van der Waals surface area contributed by atoms with Crippen molar-refractivity contribution in [2.75, 3.05) is 6.61 Å². The average Bonchev–Trinajstić information content (AvgIpc) is 2.49. The maximum absolute atomic E-state index is 14.0. The van der Waals surface area contributed by atoms with Crippen LogP contribution in [0.4, 0.5) is 22.0 Å². The van der Waals surface area contributed by atoms with E-state index in [0.29, 0.717) is 5.39 Å². The third-order valence-electron chi connectivity index (χ3n) is 3.33. The second-order valence-corrected chi connectivity index (χ2v) is 7.86. The van der Waals surface area contributed by atoms with Crippen molar-refractivity contribution in [3.8, 4) is 5.88 Å². The summed E-state index contributed by atoms with van der Waals surface area (Å²) in [5.41, 5.74) is -5.34. The number of fused-ring (bicyclic) bond motifs is 1. The minimum Gasteiger partial charge on any atom is -0.478 e. The van der Waals surface area contributed by atoms with Crippen LogP contribution >= 0.6 is 23.5 Å². The molecule has 1 aromatic heterocycles. The number of nitrogens with zero attached hydrogens (tertiary/aromatic N) is 1. The molecule has 0 bridgehead atoms.